The first-order chi connectivity index (χ1) is 12.5. The zero-order chi connectivity index (χ0) is 18.9. The van der Waals surface area contributed by atoms with Crippen molar-refractivity contribution in [2.45, 2.75) is 26.2 Å². The Morgan fingerprint density at radius 2 is 2.04 bits per heavy atom. The monoisotopic (exact) mass is 363 g/mol. The normalized spacial score (nSPS) is 24.8. The highest BCUT2D eigenvalue weighted by Gasteiger charge is 2.54. The van der Waals surface area contributed by atoms with Crippen LogP contribution in [0.25, 0.3) is 0 Å². The number of thiophene rings is 1. The van der Waals surface area contributed by atoms with Crippen molar-refractivity contribution in [3.05, 3.63) is 44.8 Å². The third-order valence-electron chi connectivity index (χ3n) is 5.35. The molecule has 0 aromatic carbocycles. The Morgan fingerprint density at radius 1 is 1.31 bits per heavy atom. The molecule has 3 rings (SSSR count). The number of hydrogen-bond donors (Lipinski definition) is 1. The van der Waals surface area contributed by atoms with E-state index < -0.39 is 5.41 Å². The molecule has 2 atom stereocenters. The van der Waals surface area contributed by atoms with Crippen molar-refractivity contribution in [2.75, 3.05) is 19.6 Å². The summed E-state index contributed by atoms with van der Waals surface area (Å²) in [6.45, 7) is 6.58. The standard InChI is InChI=1S/C20H21N5S/c1-3-7-25-8-6-14-15(9-21)19(24)20(11-22,12-23)18(16(14)10-25)17-5-4-13(2)26-17/h4-6,16,18H,3,7-8,10,24H2,1-2H3/t16-,18-/m1/s1. The zero-order valence-electron chi connectivity index (χ0n) is 15.0. The van der Waals surface area contributed by atoms with Crippen LogP contribution in [0.15, 0.2) is 35.1 Å². The van der Waals surface area contributed by atoms with Crippen molar-refractivity contribution >= 4 is 11.3 Å². The van der Waals surface area contributed by atoms with Gasteiger partial charge in [0.1, 0.15) is 6.07 Å². The molecule has 0 spiro atoms. The van der Waals surface area contributed by atoms with E-state index in [9.17, 15) is 15.8 Å². The summed E-state index contributed by atoms with van der Waals surface area (Å²) in [5.74, 6) is -0.450. The van der Waals surface area contributed by atoms with Crippen LogP contribution in [-0.4, -0.2) is 24.5 Å². The van der Waals surface area contributed by atoms with Crippen LogP contribution in [0.2, 0.25) is 0 Å². The van der Waals surface area contributed by atoms with Crippen LogP contribution >= 0.6 is 11.3 Å². The second kappa shape index (κ2) is 6.96. The lowest BCUT2D eigenvalue weighted by molar-refractivity contribution is 0.209. The second-order valence-electron chi connectivity index (χ2n) is 6.88. The van der Waals surface area contributed by atoms with E-state index in [-0.39, 0.29) is 17.5 Å². The maximum atomic E-state index is 10.00. The molecule has 132 valence electrons. The van der Waals surface area contributed by atoms with Gasteiger partial charge in [-0.15, -0.1) is 11.3 Å². The summed E-state index contributed by atoms with van der Waals surface area (Å²) in [5, 5.41) is 29.7. The molecule has 1 aromatic rings. The van der Waals surface area contributed by atoms with Crippen LogP contribution in [0.3, 0.4) is 0 Å². The van der Waals surface area contributed by atoms with E-state index in [1.807, 2.05) is 19.1 Å². The maximum absolute atomic E-state index is 10.00. The summed E-state index contributed by atoms with van der Waals surface area (Å²) in [6, 6.07) is 10.5. The second-order valence-corrected chi connectivity index (χ2v) is 8.20. The topological polar surface area (TPSA) is 101 Å². The number of allylic oxidation sites excluding steroid dienone is 2. The SMILES string of the molecule is CCCN1CC=C2C(C#N)=C(N)C(C#N)(C#N)[C@@H](c3ccc(C)s3)[C@@H]2C1. The molecule has 2 heterocycles. The molecule has 0 bridgehead atoms. The molecule has 1 aromatic heterocycles. The number of rotatable bonds is 3. The van der Waals surface area contributed by atoms with E-state index in [1.165, 1.54) is 0 Å². The predicted molar refractivity (Wildman–Crippen MR) is 101 cm³/mol. The molecule has 0 amide bonds. The van der Waals surface area contributed by atoms with E-state index in [0.717, 1.165) is 41.4 Å². The number of hydrogen-bond acceptors (Lipinski definition) is 6. The summed E-state index contributed by atoms with van der Waals surface area (Å²) in [7, 11) is 0. The minimum absolute atomic E-state index is 0.0883. The smallest absolute Gasteiger partial charge is 0.192 e. The summed E-state index contributed by atoms with van der Waals surface area (Å²) in [6.07, 6.45) is 3.09. The van der Waals surface area contributed by atoms with Crippen LogP contribution in [-0.2, 0) is 0 Å². The van der Waals surface area contributed by atoms with E-state index >= 15 is 0 Å². The largest absolute Gasteiger partial charge is 0.399 e. The summed E-state index contributed by atoms with van der Waals surface area (Å²) in [4.78, 5) is 4.43. The molecular formula is C20H21N5S. The van der Waals surface area contributed by atoms with Gasteiger partial charge in [0.2, 0.25) is 0 Å². The Morgan fingerprint density at radius 3 is 2.58 bits per heavy atom. The molecule has 2 N–H and O–H groups in total. The fraction of sp³-hybridized carbons (Fsp3) is 0.450. The van der Waals surface area contributed by atoms with Gasteiger partial charge < -0.3 is 5.73 Å². The molecule has 5 nitrogen and oxygen atoms in total. The van der Waals surface area contributed by atoms with Crippen LogP contribution < -0.4 is 5.73 Å². The van der Waals surface area contributed by atoms with Crippen LogP contribution in [0.4, 0.5) is 0 Å². The minimum Gasteiger partial charge on any atom is -0.399 e. The molecule has 1 aliphatic heterocycles. The van der Waals surface area contributed by atoms with Gasteiger partial charge in [-0.1, -0.05) is 13.0 Å². The van der Waals surface area contributed by atoms with Gasteiger partial charge in [-0.25, -0.2) is 0 Å². The summed E-state index contributed by atoms with van der Waals surface area (Å²) < 4.78 is 0. The van der Waals surface area contributed by atoms with Crippen LogP contribution in [0.5, 0.6) is 0 Å². The first kappa shape index (κ1) is 18.2. The molecule has 6 heteroatoms. The van der Waals surface area contributed by atoms with Gasteiger partial charge in [-0.3, -0.25) is 4.90 Å². The van der Waals surface area contributed by atoms with Crippen molar-refractivity contribution in [3.63, 3.8) is 0 Å². The maximum Gasteiger partial charge on any atom is 0.192 e. The number of nitriles is 3. The Labute approximate surface area is 158 Å². The Balaban J connectivity index is 2.25. The van der Waals surface area contributed by atoms with Crippen LogP contribution in [0, 0.1) is 52.2 Å². The van der Waals surface area contributed by atoms with E-state index in [2.05, 4.69) is 36.1 Å². The van der Waals surface area contributed by atoms with Gasteiger partial charge in [0.25, 0.3) is 0 Å². The number of nitrogens with zero attached hydrogens (tertiary/aromatic N) is 4. The number of fused-ring (bicyclic) bond motifs is 1. The Bertz CT molecular complexity index is 888. The third-order valence-corrected chi connectivity index (χ3v) is 6.43. The summed E-state index contributed by atoms with van der Waals surface area (Å²) >= 11 is 1.60. The Hall–Kier alpha value is -2.59. The van der Waals surface area contributed by atoms with Crippen molar-refractivity contribution in [3.8, 4) is 18.2 Å². The average Bonchev–Trinajstić information content (AvgIpc) is 3.07. The zero-order valence-corrected chi connectivity index (χ0v) is 15.8. The highest BCUT2D eigenvalue weighted by molar-refractivity contribution is 7.12. The van der Waals surface area contributed by atoms with Gasteiger partial charge in [0.15, 0.2) is 5.41 Å². The molecule has 1 aliphatic carbocycles. The first-order valence-corrected chi connectivity index (χ1v) is 9.56. The first-order valence-electron chi connectivity index (χ1n) is 8.74. The van der Waals surface area contributed by atoms with Crippen molar-refractivity contribution in [1.29, 1.82) is 15.8 Å². The fourth-order valence-corrected chi connectivity index (χ4v) is 5.28. The molecule has 26 heavy (non-hydrogen) atoms. The van der Waals surface area contributed by atoms with Crippen molar-refractivity contribution < 1.29 is 0 Å². The molecule has 0 radical (unpaired) electrons. The molecule has 2 aliphatic rings. The molecule has 0 saturated carbocycles. The Kier molecular flexibility index (Phi) is 4.88. The average molecular weight is 363 g/mol. The van der Waals surface area contributed by atoms with E-state index in [1.54, 1.807) is 11.3 Å². The lowest BCUT2D eigenvalue weighted by Crippen LogP contribution is -2.47. The van der Waals surface area contributed by atoms with Gasteiger partial charge in [0, 0.05) is 34.7 Å². The van der Waals surface area contributed by atoms with Crippen molar-refractivity contribution in [2.24, 2.45) is 17.1 Å². The molecule has 0 fully saturated rings. The highest BCUT2D eigenvalue weighted by atomic mass is 32.1. The highest BCUT2D eigenvalue weighted by Crippen LogP contribution is 2.55. The summed E-state index contributed by atoms with van der Waals surface area (Å²) in [5.41, 5.74) is 6.09. The van der Waals surface area contributed by atoms with Gasteiger partial charge >= 0.3 is 0 Å². The van der Waals surface area contributed by atoms with Crippen LogP contribution in [0.1, 0.15) is 29.0 Å². The number of aryl methyl sites for hydroxylation is 1. The third kappa shape index (κ3) is 2.61. The van der Waals surface area contributed by atoms with E-state index in [0.29, 0.717) is 5.57 Å². The predicted octanol–water partition coefficient (Wildman–Crippen LogP) is 3.19. The van der Waals surface area contributed by atoms with E-state index in [4.69, 9.17) is 5.73 Å². The van der Waals surface area contributed by atoms with Crippen molar-refractivity contribution in [1.82, 2.24) is 4.90 Å². The van der Waals surface area contributed by atoms with Gasteiger partial charge in [-0.2, -0.15) is 15.8 Å². The van der Waals surface area contributed by atoms with Gasteiger partial charge in [-0.05, 0) is 37.6 Å². The molecule has 0 saturated heterocycles. The molecular weight excluding hydrogens is 342 g/mol. The number of nitrogens with two attached hydrogens (primary N) is 1. The molecule has 0 unspecified atom stereocenters. The quantitative estimate of drug-likeness (QED) is 0.889. The lowest BCUT2D eigenvalue weighted by atomic mass is 9.59. The minimum atomic E-state index is -1.51. The fourth-order valence-electron chi connectivity index (χ4n) is 4.16. The van der Waals surface area contributed by atoms with Gasteiger partial charge in [0.05, 0.1) is 23.4 Å². The lowest BCUT2D eigenvalue weighted by Gasteiger charge is -2.45.